The van der Waals surface area contributed by atoms with Gasteiger partial charge in [0.25, 0.3) is 0 Å². The summed E-state index contributed by atoms with van der Waals surface area (Å²) in [6.07, 6.45) is 0.910. The van der Waals surface area contributed by atoms with E-state index in [0.29, 0.717) is 22.8 Å². The van der Waals surface area contributed by atoms with Gasteiger partial charge in [-0.1, -0.05) is 0 Å². The second-order valence-corrected chi connectivity index (χ2v) is 4.06. The highest BCUT2D eigenvalue weighted by atomic mass is 16.5. The summed E-state index contributed by atoms with van der Waals surface area (Å²) in [7, 11) is 0. The van der Waals surface area contributed by atoms with Gasteiger partial charge in [-0.15, -0.1) is 0 Å². The van der Waals surface area contributed by atoms with Gasteiger partial charge in [-0.05, 0) is 43.3 Å². The fourth-order valence-corrected chi connectivity index (χ4v) is 1.61. The molecule has 1 amide bonds. The lowest BCUT2D eigenvalue weighted by molar-refractivity contribution is 0.100. The molecule has 0 fully saturated rings. The van der Waals surface area contributed by atoms with Crippen LogP contribution in [0.2, 0.25) is 0 Å². The number of primary amides is 1. The van der Waals surface area contributed by atoms with Gasteiger partial charge in [0, 0.05) is 17.3 Å². The standard InChI is InChI=1S/C14H14N2O3/c1-9(17)12-3-2-8-16-14(12)19-11-6-4-10(5-7-11)13(15)18/h2-9,17H,1H3,(H2,15,18)/t9-/m1/s1. The third kappa shape index (κ3) is 3.08. The first-order valence-corrected chi connectivity index (χ1v) is 5.78. The Morgan fingerprint density at radius 3 is 2.58 bits per heavy atom. The number of nitrogens with two attached hydrogens (primary N) is 1. The zero-order chi connectivity index (χ0) is 13.8. The molecule has 5 nitrogen and oxygen atoms in total. The van der Waals surface area contributed by atoms with Gasteiger partial charge >= 0.3 is 0 Å². The number of carbonyl (C=O) groups is 1. The van der Waals surface area contributed by atoms with Crippen LogP contribution in [-0.4, -0.2) is 16.0 Å². The van der Waals surface area contributed by atoms with Crippen LogP contribution in [0.5, 0.6) is 11.6 Å². The lowest BCUT2D eigenvalue weighted by atomic mass is 10.2. The van der Waals surface area contributed by atoms with Gasteiger partial charge in [0.15, 0.2) is 0 Å². The van der Waals surface area contributed by atoms with Crippen molar-refractivity contribution in [2.24, 2.45) is 5.73 Å². The van der Waals surface area contributed by atoms with Gasteiger partial charge in [-0.2, -0.15) is 0 Å². The van der Waals surface area contributed by atoms with Crippen LogP contribution < -0.4 is 10.5 Å². The van der Waals surface area contributed by atoms with Gasteiger partial charge in [0.2, 0.25) is 11.8 Å². The average Bonchev–Trinajstić information content (AvgIpc) is 2.39. The minimum absolute atomic E-state index is 0.337. The van der Waals surface area contributed by atoms with E-state index in [2.05, 4.69) is 4.98 Å². The Balaban J connectivity index is 2.24. The normalized spacial score (nSPS) is 11.9. The number of hydrogen-bond donors (Lipinski definition) is 2. The summed E-state index contributed by atoms with van der Waals surface area (Å²) >= 11 is 0. The second-order valence-electron chi connectivity index (χ2n) is 4.06. The summed E-state index contributed by atoms with van der Waals surface area (Å²) in [5, 5.41) is 9.62. The van der Waals surface area contributed by atoms with Crippen molar-refractivity contribution in [3.8, 4) is 11.6 Å². The monoisotopic (exact) mass is 258 g/mol. The predicted molar refractivity (Wildman–Crippen MR) is 69.9 cm³/mol. The summed E-state index contributed by atoms with van der Waals surface area (Å²) in [4.78, 5) is 15.0. The van der Waals surface area contributed by atoms with Crippen LogP contribution in [0.3, 0.4) is 0 Å². The second kappa shape index (κ2) is 5.49. The van der Waals surface area contributed by atoms with E-state index >= 15 is 0 Å². The molecule has 19 heavy (non-hydrogen) atoms. The largest absolute Gasteiger partial charge is 0.439 e. The zero-order valence-electron chi connectivity index (χ0n) is 10.4. The van der Waals surface area contributed by atoms with Crippen molar-refractivity contribution in [3.63, 3.8) is 0 Å². The lowest BCUT2D eigenvalue weighted by Crippen LogP contribution is -2.10. The van der Waals surface area contributed by atoms with E-state index in [1.54, 1.807) is 49.5 Å². The molecule has 0 radical (unpaired) electrons. The average molecular weight is 258 g/mol. The maximum Gasteiger partial charge on any atom is 0.248 e. The van der Waals surface area contributed by atoms with Crippen LogP contribution in [-0.2, 0) is 0 Å². The number of pyridine rings is 1. The van der Waals surface area contributed by atoms with Crippen molar-refractivity contribution >= 4 is 5.91 Å². The highest BCUT2D eigenvalue weighted by molar-refractivity contribution is 5.92. The first kappa shape index (κ1) is 13.0. The number of amides is 1. The molecular formula is C14H14N2O3. The van der Waals surface area contributed by atoms with E-state index in [-0.39, 0.29) is 0 Å². The molecule has 2 rings (SSSR count). The molecule has 98 valence electrons. The number of benzene rings is 1. The minimum Gasteiger partial charge on any atom is -0.439 e. The van der Waals surface area contributed by atoms with Crippen LogP contribution in [0.15, 0.2) is 42.6 Å². The van der Waals surface area contributed by atoms with Gasteiger partial charge in [-0.3, -0.25) is 4.79 Å². The third-order valence-electron chi connectivity index (χ3n) is 2.60. The molecule has 0 saturated carbocycles. The molecule has 0 saturated heterocycles. The number of hydrogen-bond acceptors (Lipinski definition) is 4. The molecule has 1 atom stereocenters. The van der Waals surface area contributed by atoms with Crippen LogP contribution in [0.25, 0.3) is 0 Å². The van der Waals surface area contributed by atoms with Crippen molar-refractivity contribution in [2.75, 3.05) is 0 Å². The summed E-state index contributed by atoms with van der Waals surface area (Å²) < 4.78 is 5.58. The Morgan fingerprint density at radius 2 is 2.00 bits per heavy atom. The number of ether oxygens (including phenoxy) is 1. The van der Waals surface area contributed by atoms with Gasteiger partial charge in [0.1, 0.15) is 5.75 Å². The van der Waals surface area contributed by atoms with Crippen molar-refractivity contribution in [1.82, 2.24) is 4.98 Å². The molecule has 1 aromatic carbocycles. The third-order valence-corrected chi connectivity index (χ3v) is 2.60. The van der Waals surface area contributed by atoms with Crippen molar-refractivity contribution in [1.29, 1.82) is 0 Å². The Hall–Kier alpha value is -2.40. The molecule has 0 aliphatic rings. The van der Waals surface area contributed by atoms with Crippen molar-refractivity contribution in [3.05, 3.63) is 53.7 Å². The van der Waals surface area contributed by atoms with E-state index in [1.165, 1.54) is 0 Å². The molecule has 0 aliphatic heterocycles. The number of nitrogens with zero attached hydrogens (tertiary/aromatic N) is 1. The maximum absolute atomic E-state index is 10.9. The molecule has 2 aromatic rings. The molecule has 1 heterocycles. The molecule has 0 aliphatic carbocycles. The first-order valence-electron chi connectivity index (χ1n) is 5.78. The number of aliphatic hydroxyl groups excluding tert-OH is 1. The van der Waals surface area contributed by atoms with Crippen LogP contribution in [0.1, 0.15) is 28.9 Å². The molecule has 0 unspecified atom stereocenters. The molecule has 0 spiro atoms. The number of aromatic nitrogens is 1. The quantitative estimate of drug-likeness (QED) is 0.878. The van der Waals surface area contributed by atoms with Crippen LogP contribution in [0, 0.1) is 0 Å². The summed E-state index contributed by atoms with van der Waals surface area (Å²) in [5.74, 6) is 0.365. The summed E-state index contributed by atoms with van der Waals surface area (Å²) in [6, 6.07) is 9.86. The van der Waals surface area contributed by atoms with E-state index in [4.69, 9.17) is 10.5 Å². The minimum atomic E-state index is -0.673. The summed E-state index contributed by atoms with van der Waals surface area (Å²) in [6.45, 7) is 1.64. The zero-order valence-corrected chi connectivity index (χ0v) is 10.4. The first-order chi connectivity index (χ1) is 9.08. The lowest BCUT2D eigenvalue weighted by Gasteiger charge is -2.11. The molecule has 5 heteroatoms. The number of carbonyl (C=O) groups excluding carboxylic acids is 1. The molecule has 3 N–H and O–H groups in total. The molecular weight excluding hydrogens is 244 g/mol. The van der Waals surface area contributed by atoms with Gasteiger partial charge < -0.3 is 15.6 Å². The fraction of sp³-hybridized carbons (Fsp3) is 0.143. The van der Waals surface area contributed by atoms with E-state index in [0.717, 1.165) is 0 Å². The molecule has 0 bridgehead atoms. The molecule has 1 aromatic heterocycles. The van der Waals surface area contributed by atoms with E-state index in [9.17, 15) is 9.90 Å². The highest BCUT2D eigenvalue weighted by Gasteiger charge is 2.10. The van der Waals surface area contributed by atoms with E-state index in [1.807, 2.05) is 0 Å². The Kier molecular flexibility index (Phi) is 3.77. The van der Waals surface area contributed by atoms with Gasteiger partial charge in [0.05, 0.1) is 6.10 Å². The van der Waals surface area contributed by atoms with Crippen LogP contribution in [0.4, 0.5) is 0 Å². The Bertz CT molecular complexity index is 579. The summed E-state index contributed by atoms with van der Waals surface area (Å²) in [5.41, 5.74) is 6.16. The highest BCUT2D eigenvalue weighted by Crippen LogP contribution is 2.27. The van der Waals surface area contributed by atoms with E-state index < -0.39 is 12.0 Å². The van der Waals surface area contributed by atoms with Crippen LogP contribution >= 0.6 is 0 Å². The smallest absolute Gasteiger partial charge is 0.248 e. The van der Waals surface area contributed by atoms with Gasteiger partial charge in [-0.25, -0.2) is 4.98 Å². The number of aliphatic hydroxyl groups is 1. The maximum atomic E-state index is 10.9. The predicted octanol–water partition coefficient (Wildman–Crippen LogP) is 2.03. The topological polar surface area (TPSA) is 85.4 Å². The Labute approximate surface area is 110 Å². The van der Waals surface area contributed by atoms with Crippen molar-refractivity contribution < 1.29 is 14.6 Å². The SMILES string of the molecule is C[C@@H](O)c1cccnc1Oc1ccc(C(N)=O)cc1. The Morgan fingerprint density at radius 1 is 1.32 bits per heavy atom. The number of rotatable bonds is 4. The van der Waals surface area contributed by atoms with Crippen molar-refractivity contribution in [2.45, 2.75) is 13.0 Å². The fourth-order valence-electron chi connectivity index (χ4n) is 1.61.